The smallest absolute Gasteiger partial charge is 0.425 e. The quantitative estimate of drug-likeness (QED) is 0.237. The minimum Gasteiger partial charge on any atom is -0.453 e. The minimum atomic E-state index is -0.710. The molecule has 270 valence electrons. The molecule has 0 saturated carbocycles. The summed E-state index contributed by atoms with van der Waals surface area (Å²) in [5.41, 5.74) is -2.26. The van der Waals surface area contributed by atoms with Crippen molar-refractivity contribution in [2.45, 2.75) is 0 Å². The Morgan fingerprint density at radius 1 is 0.625 bits per heavy atom. The molecule has 0 bridgehead atoms. The molecule has 0 unspecified atom stereocenters. The first-order valence-corrected chi connectivity index (χ1v) is 13.1. The monoisotopic (exact) mass is 690 g/mol. The average Bonchev–Trinajstić information content (AvgIpc) is 3.11. The number of urea groups is 4. The fourth-order valence-electron chi connectivity index (χ4n) is 2.81. The second-order valence-corrected chi connectivity index (χ2v) is 8.89. The number of imide groups is 3. The highest BCUT2D eigenvalue weighted by Crippen LogP contribution is 2.08. The molecular weight excluding hydrogens is 648 g/mol. The zero-order valence-electron chi connectivity index (χ0n) is 28.9. The summed E-state index contributed by atoms with van der Waals surface area (Å²) in [6.45, 7) is 0. The number of nitrogens with zero attached hydrogens (tertiary/aromatic N) is 9. The minimum absolute atomic E-state index is 0.0168. The average molecular weight is 691 g/mol. The van der Waals surface area contributed by atoms with E-state index in [1.54, 1.807) is 0 Å². The fourth-order valence-corrected chi connectivity index (χ4v) is 2.81. The van der Waals surface area contributed by atoms with E-state index in [1.807, 2.05) is 0 Å². The first-order chi connectivity index (χ1) is 22.1. The zero-order valence-corrected chi connectivity index (χ0v) is 28.9. The molecule has 2 aromatic rings. The van der Waals surface area contributed by atoms with Gasteiger partial charge in [-0.05, 0) is 0 Å². The van der Waals surface area contributed by atoms with E-state index in [9.17, 15) is 47.9 Å². The Labute approximate surface area is 272 Å². The first kappa shape index (κ1) is 43.9. The SMILES string of the molecule is CN1C(=O)N(C)C1=O.CN=c1oc(=O)n(C)c(=O)n1C.CNC(=O)N(C)C(=O)NC.CNC(=O)OC.Cn1c(=O)n(C)c(=O)n(C)c1=O. The zero-order chi connectivity index (χ0) is 38.2. The highest BCUT2D eigenvalue weighted by atomic mass is 16.5. The van der Waals surface area contributed by atoms with Gasteiger partial charge in [0, 0.05) is 84.6 Å². The maximum absolute atomic E-state index is 11.2. The normalized spacial score (nSPS) is 11.4. The molecule has 0 aromatic carbocycles. The molecule has 0 atom stereocenters. The summed E-state index contributed by atoms with van der Waals surface area (Å²) in [6, 6.07) is -1.34. The van der Waals surface area contributed by atoms with Crippen LogP contribution in [0.3, 0.4) is 0 Å². The van der Waals surface area contributed by atoms with Crippen LogP contribution >= 0.6 is 0 Å². The molecule has 48 heavy (non-hydrogen) atoms. The highest BCUT2D eigenvalue weighted by Gasteiger charge is 2.36. The Hall–Kier alpha value is -6.23. The molecule has 0 radical (unpaired) electrons. The van der Waals surface area contributed by atoms with Crippen LogP contribution < -0.4 is 50.1 Å². The third-order valence-corrected chi connectivity index (χ3v) is 5.80. The van der Waals surface area contributed by atoms with Crippen molar-refractivity contribution >= 4 is 30.2 Å². The van der Waals surface area contributed by atoms with Gasteiger partial charge >= 0.3 is 64.4 Å². The topological polar surface area (TPSA) is 276 Å². The number of nitrogens with one attached hydrogen (secondary N) is 3. The van der Waals surface area contributed by atoms with Crippen LogP contribution in [0.4, 0.5) is 24.0 Å². The second kappa shape index (κ2) is 20.0. The number of alkyl carbamates (subject to hydrolysis) is 1. The van der Waals surface area contributed by atoms with Gasteiger partial charge in [-0.25, -0.2) is 85.9 Å². The molecule has 3 heterocycles. The number of carbonyl (C=O) groups is 5. The lowest BCUT2D eigenvalue weighted by Crippen LogP contribution is -2.59. The van der Waals surface area contributed by atoms with Crippen molar-refractivity contribution in [1.82, 2.24) is 53.5 Å². The predicted molar refractivity (Wildman–Crippen MR) is 167 cm³/mol. The van der Waals surface area contributed by atoms with Crippen LogP contribution in [0.25, 0.3) is 0 Å². The third kappa shape index (κ3) is 11.6. The Morgan fingerprint density at radius 3 is 1.19 bits per heavy atom. The lowest BCUT2D eigenvalue weighted by Gasteiger charge is -2.32. The summed E-state index contributed by atoms with van der Waals surface area (Å²) >= 11 is 0. The van der Waals surface area contributed by atoms with Crippen LogP contribution in [0.15, 0.2) is 33.4 Å². The van der Waals surface area contributed by atoms with Crippen molar-refractivity contribution in [3.05, 3.63) is 58.2 Å². The van der Waals surface area contributed by atoms with E-state index in [2.05, 4.69) is 30.1 Å². The molecule has 24 nitrogen and oxygen atoms in total. The van der Waals surface area contributed by atoms with Crippen LogP contribution in [0.1, 0.15) is 0 Å². The van der Waals surface area contributed by atoms with E-state index < -0.39 is 46.7 Å². The molecule has 24 heteroatoms. The van der Waals surface area contributed by atoms with Gasteiger partial charge in [0.2, 0.25) is 0 Å². The van der Waals surface area contributed by atoms with Crippen molar-refractivity contribution in [3.8, 4) is 0 Å². The van der Waals surface area contributed by atoms with E-state index in [0.29, 0.717) is 0 Å². The van der Waals surface area contributed by atoms with Crippen LogP contribution in [0, 0.1) is 0 Å². The Morgan fingerprint density at radius 2 is 0.958 bits per heavy atom. The Kier molecular flexibility index (Phi) is 18.3. The van der Waals surface area contributed by atoms with E-state index in [1.165, 1.54) is 91.7 Å². The molecule has 2 aromatic heterocycles. The summed E-state index contributed by atoms with van der Waals surface area (Å²) < 4.78 is 13.5. The maximum Gasteiger partial charge on any atom is 0.425 e. The molecule has 0 spiro atoms. The van der Waals surface area contributed by atoms with Crippen LogP contribution in [-0.2, 0) is 40.0 Å². The van der Waals surface area contributed by atoms with Gasteiger partial charge in [0.25, 0.3) is 0 Å². The lowest BCUT2D eigenvalue weighted by molar-refractivity contribution is 0.125. The van der Waals surface area contributed by atoms with E-state index in [-0.39, 0.29) is 17.7 Å². The summed E-state index contributed by atoms with van der Waals surface area (Å²) in [5, 5.41) is 6.87. The number of methoxy groups -OCH3 is 1. The molecule has 3 rings (SSSR count). The summed E-state index contributed by atoms with van der Waals surface area (Å²) in [4.78, 5) is 114. The number of amides is 9. The van der Waals surface area contributed by atoms with Gasteiger partial charge in [0.05, 0.1) is 7.11 Å². The number of carbonyl (C=O) groups excluding carboxylic acids is 5. The number of rotatable bonds is 0. The van der Waals surface area contributed by atoms with Gasteiger partial charge in [0.15, 0.2) is 0 Å². The lowest BCUT2D eigenvalue weighted by atomic mass is 10.5. The van der Waals surface area contributed by atoms with Gasteiger partial charge < -0.3 is 25.1 Å². The van der Waals surface area contributed by atoms with Gasteiger partial charge in [0.1, 0.15) is 0 Å². The van der Waals surface area contributed by atoms with E-state index in [0.717, 1.165) is 37.5 Å². The molecule has 1 fully saturated rings. The summed E-state index contributed by atoms with van der Waals surface area (Å²) in [5.74, 6) is -0.710. The van der Waals surface area contributed by atoms with Gasteiger partial charge in [-0.2, -0.15) is 0 Å². The van der Waals surface area contributed by atoms with Crippen LogP contribution in [0.2, 0.25) is 0 Å². The van der Waals surface area contributed by atoms with Gasteiger partial charge in [-0.3, -0.25) is 4.57 Å². The summed E-state index contributed by atoms with van der Waals surface area (Å²) in [6.07, 6.45) is -0.407. The predicted octanol–water partition coefficient (Wildman–Crippen LogP) is -4.34. The second-order valence-electron chi connectivity index (χ2n) is 8.89. The number of hydrogen-bond donors (Lipinski definition) is 3. The molecular formula is C24H42N12O12. The van der Waals surface area contributed by atoms with Crippen molar-refractivity contribution in [3.63, 3.8) is 0 Å². The van der Waals surface area contributed by atoms with Crippen LogP contribution in [-0.4, -0.2) is 124 Å². The van der Waals surface area contributed by atoms with E-state index >= 15 is 0 Å². The fraction of sp³-hybridized carbons (Fsp3) is 0.542. The maximum atomic E-state index is 11.2. The first-order valence-electron chi connectivity index (χ1n) is 13.1. The molecule has 1 saturated heterocycles. The van der Waals surface area contributed by atoms with Crippen molar-refractivity contribution in [2.75, 3.05) is 56.4 Å². The summed E-state index contributed by atoms with van der Waals surface area (Å²) in [7, 11) is 18.3. The molecule has 9 amide bonds. The molecule has 0 aliphatic carbocycles. The van der Waals surface area contributed by atoms with Crippen LogP contribution in [0.5, 0.6) is 0 Å². The third-order valence-electron chi connectivity index (χ3n) is 5.80. The number of ether oxygens (including phenoxy) is 1. The number of aromatic nitrogens is 5. The van der Waals surface area contributed by atoms with Crippen molar-refractivity contribution in [2.24, 2.45) is 40.2 Å². The van der Waals surface area contributed by atoms with Gasteiger partial charge in [-0.1, -0.05) is 0 Å². The number of hydrogen-bond acceptors (Lipinski definition) is 13. The van der Waals surface area contributed by atoms with Gasteiger partial charge in [-0.15, -0.1) is 0 Å². The highest BCUT2D eigenvalue weighted by molar-refractivity contribution is 6.11. The largest absolute Gasteiger partial charge is 0.453 e. The molecule has 3 N–H and O–H groups in total. The molecule has 1 aliphatic rings. The Bertz CT molecular complexity index is 1690. The Balaban J connectivity index is 0. The van der Waals surface area contributed by atoms with Crippen molar-refractivity contribution in [1.29, 1.82) is 0 Å². The molecule has 1 aliphatic heterocycles. The standard InChI is InChI=1S/2C6H9N3O3.C5H11N3O2.C4H6N2O2.C3H7NO2/c1-7-4-8(2)5(10)9(3)6(11)12-4;1-7-4(10)8(2)6(12)9(3)5(7)11;1-6-4(9)8(3)5(10)7-2;1-5-3(7)6(2)4(5)8;1-4-3(5)6-2/h2*1-3H3;1-3H3,(H,6,9)(H,7,10);1-2H3;1-2H3,(H,4,5). The van der Waals surface area contributed by atoms with E-state index in [4.69, 9.17) is 0 Å². The van der Waals surface area contributed by atoms with Crippen molar-refractivity contribution < 1.29 is 33.1 Å².